The van der Waals surface area contributed by atoms with Crippen LogP contribution in [0, 0.1) is 0 Å². The third-order valence-electron chi connectivity index (χ3n) is 8.23. The molecule has 58 heavy (non-hydrogen) atoms. The van der Waals surface area contributed by atoms with Gasteiger partial charge in [-0.1, -0.05) is 179 Å². The highest BCUT2D eigenvalue weighted by atomic mass is 16.6. The molecule has 0 N–H and O–H groups in total. The highest BCUT2D eigenvalue weighted by molar-refractivity contribution is 5.72. The standard InChI is InChI=1S/C52H76O6/c1-4-7-10-13-16-19-21-23-25-27-28-30-33-36-39-42-45-51(54)57-48-49(47-56-50(53)44-41-38-35-32-18-15-12-9-6-3)58-52(55)46-43-40-37-34-31-29-26-24-22-20-17-14-11-8-5-2/h7-12,14,16-20,22-26,28-32,38,41,49H,4-6,13,15,21,27,33-37,39-40,42-48H2,1-3H3/b10-7-,11-8-,12-9-,17-14-,19-16-,22-20-,25-23-,26-24-,30-28-,31-29-,32-18-,41-38-. The minimum absolute atomic E-state index is 0.111. The van der Waals surface area contributed by atoms with Gasteiger partial charge in [-0.3, -0.25) is 14.4 Å². The predicted molar refractivity (Wildman–Crippen MR) is 246 cm³/mol. The van der Waals surface area contributed by atoms with E-state index in [9.17, 15) is 14.4 Å². The molecule has 0 aliphatic rings. The van der Waals surface area contributed by atoms with E-state index in [0.29, 0.717) is 6.42 Å². The lowest BCUT2D eigenvalue weighted by molar-refractivity contribution is -0.166. The molecule has 320 valence electrons. The maximum atomic E-state index is 12.7. The summed E-state index contributed by atoms with van der Waals surface area (Å²) in [7, 11) is 0. The first-order valence-corrected chi connectivity index (χ1v) is 21.9. The van der Waals surface area contributed by atoms with Crippen molar-refractivity contribution in [2.24, 2.45) is 0 Å². The molecule has 1 unspecified atom stereocenters. The number of allylic oxidation sites excluding steroid dienone is 23. The molecular weight excluding hydrogens is 721 g/mol. The van der Waals surface area contributed by atoms with E-state index in [0.717, 1.165) is 96.3 Å². The fourth-order valence-corrected chi connectivity index (χ4v) is 5.04. The molecule has 0 aromatic carbocycles. The number of rotatable bonds is 36. The normalized spacial score (nSPS) is 13.5. The number of unbranched alkanes of at least 4 members (excludes halogenated alkanes) is 6. The number of carbonyl (C=O) groups excluding carboxylic acids is 3. The van der Waals surface area contributed by atoms with Crippen molar-refractivity contribution in [3.63, 3.8) is 0 Å². The van der Waals surface area contributed by atoms with Crippen molar-refractivity contribution in [1.29, 1.82) is 0 Å². The van der Waals surface area contributed by atoms with Crippen molar-refractivity contribution in [3.05, 3.63) is 146 Å². The summed E-state index contributed by atoms with van der Waals surface area (Å²) >= 11 is 0. The largest absolute Gasteiger partial charge is 0.462 e. The Morgan fingerprint density at radius 1 is 0.379 bits per heavy atom. The van der Waals surface area contributed by atoms with E-state index in [1.165, 1.54) is 0 Å². The zero-order valence-corrected chi connectivity index (χ0v) is 36.2. The van der Waals surface area contributed by atoms with Gasteiger partial charge in [-0.25, -0.2) is 0 Å². The van der Waals surface area contributed by atoms with Crippen molar-refractivity contribution in [2.45, 2.75) is 149 Å². The Bertz CT molecular complexity index is 1380. The Labute approximate surface area is 353 Å². The Morgan fingerprint density at radius 3 is 1.29 bits per heavy atom. The molecule has 0 aliphatic carbocycles. The van der Waals surface area contributed by atoms with Gasteiger partial charge in [0, 0.05) is 12.8 Å². The summed E-state index contributed by atoms with van der Waals surface area (Å²) in [5.74, 6) is -1.17. The summed E-state index contributed by atoms with van der Waals surface area (Å²) in [5.41, 5.74) is 0. The van der Waals surface area contributed by atoms with Gasteiger partial charge >= 0.3 is 17.9 Å². The minimum atomic E-state index is -0.853. The number of hydrogen-bond donors (Lipinski definition) is 0. The molecule has 0 saturated carbocycles. The molecule has 0 saturated heterocycles. The van der Waals surface area contributed by atoms with E-state index >= 15 is 0 Å². The monoisotopic (exact) mass is 797 g/mol. The van der Waals surface area contributed by atoms with Crippen molar-refractivity contribution < 1.29 is 28.6 Å². The maximum absolute atomic E-state index is 12.7. The minimum Gasteiger partial charge on any atom is -0.462 e. The molecule has 1 atom stereocenters. The molecule has 0 spiro atoms. The molecule has 0 aromatic heterocycles. The molecule has 0 radical (unpaired) electrons. The van der Waals surface area contributed by atoms with Crippen LogP contribution in [0.3, 0.4) is 0 Å². The number of hydrogen-bond acceptors (Lipinski definition) is 6. The van der Waals surface area contributed by atoms with E-state index in [1.807, 2.05) is 54.7 Å². The van der Waals surface area contributed by atoms with Crippen LogP contribution in [0.25, 0.3) is 0 Å². The van der Waals surface area contributed by atoms with Gasteiger partial charge in [0.1, 0.15) is 13.2 Å². The molecule has 0 bridgehead atoms. The first-order chi connectivity index (χ1) is 28.5. The summed E-state index contributed by atoms with van der Waals surface area (Å²) in [6.45, 7) is 6.05. The molecule has 6 heteroatoms. The van der Waals surface area contributed by atoms with Crippen LogP contribution in [0.2, 0.25) is 0 Å². The fraction of sp³-hybridized carbons (Fsp3) is 0.481. The third kappa shape index (κ3) is 42.4. The van der Waals surface area contributed by atoms with Crippen LogP contribution in [-0.4, -0.2) is 37.2 Å². The van der Waals surface area contributed by atoms with Gasteiger partial charge in [0.2, 0.25) is 0 Å². The molecule has 6 nitrogen and oxygen atoms in total. The fourth-order valence-electron chi connectivity index (χ4n) is 5.04. The van der Waals surface area contributed by atoms with Crippen LogP contribution in [-0.2, 0) is 28.6 Å². The van der Waals surface area contributed by atoms with Crippen molar-refractivity contribution in [2.75, 3.05) is 13.2 Å². The van der Waals surface area contributed by atoms with Gasteiger partial charge in [-0.05, 0) is 89.9 Å². The molecule has 0 aromatic rings. The van der Waals surface area contributed by atoms with Crippen LogP contribution >= 0.6 is 0 Å². The second-order valence-electron chi connectivity index (χ2n) is 13.6. The second kappa shape index (κ2) is 45.0. The Balaban J connectivity index is 4.61. The highest BCUT2D eigenvalue weighted by Gasteiger charge is 2.19. The van der Waals surface area contributed by atoms with E-state index in [-0.39, 0.29) is 38.4 Å². The van der Waals surface area contributed by atoms with Crippen LogP contribution in [0.1, 0.15) is 143 Å². The van der Waals surface area contributed by atoms with Crippen molar-refractivity contribution >= 4 is 17.9 Å². The maximum Gasteiger partial charge on any atom is 0.309 e. The van der Waals surface area contributed by atoms with Crippen molar-refractivity contribution in [3.8, 4) is 0 Å². The van der Waals surface area contributed by atoms with E-state index < -0.39 is 18.0 Å². The van der Waals surface area contributed by atoms with Crippen molar-refractivity contribution in [1.82, 2.24) is 0 Å². The number of ether oxygens (including phenoxy) is 3. The van der Waals surface area contributed by atoms with Gasteiger partial charge in [-0.15, -0.1) is 0 Å². The summed E-state index contributed by atoms with van der Waals surface area (Å²) in [4.78, 5) is 37.6. The van der Waals surface area contributed by atoms with Gasteiger partial charge in [-0.2, -0.15) is 0 Å². The average molecular weight is 797 g/mol. The molecule has 0 heterocycles. The van der Waals surface area contributed by atoms with Gasteiger partial charge in [0.05, 0.1) is 6.42 Å². The van der Waals surface area contributed by atoms with Gasteiger partial charge < -0.3 is 14.2 Å². The molecule has 0 aliphatic heterocycles. The summed E-state index contributed by atoms with van der Waals surface area (Å²) in [5, 5.41) is 0. The lowest BCUT2D eigenvalue weighted by atomic mass is 10.1. The van der Waals surface area contributed by atoms with Crippen LogP contribution in [0.4, 0.5) is 0 Å². The smallest absolute Gasteiger partial charge is 0.309 e. The van der Waals surface area contributed by atoms with E-state index in [2.05, 4.69) is 106 Å². The molecule has 0 rings (SSSR count). The lowest BCUT2D eigenvalue weighted by Crippen LogP contribution is -2.30. The van der Waals surface area contributed by atoms with E-state index in [4.69, 9.17) is 14.2 Å². The molecule has 0 amide bonds. The number of carbonyl (C=O) groups is 3. The van der Waals surface area contributed by atoms with Crippen LogP contribution in [0.15, 0.2) is 146 Å². The zero-order valence-electron chi connectivity index (χ0n) is 36.2. The Morgan fingerprint density at radius 2 is 0.776 bits per heavy atom. The number of esters is 3. The topological polar surface area (TPSA) is 78.9 Å². The van der Waals surface area contributed by atoms with Crippen LogP contribution < -0.4 is 0 Å². The second-order valence-corrected chi connectivity index (χ2v) is 13.6. The summed E-state index contributed by atoms with van der Waals surface area (Å²) in [6, 6.07) is 0. The third-order valence-corrected chi connectivity index (χ3v) is 8.23. The Kier molecular flexibility index (Phi) is 41.3. The van der Waals surface area contributed by atoms with Gasteiger partial charge in [0.15, 0.2) is 6.10 Å². The SMILES string of the molecule is CC\C=C/C=C\C=C/C=C\C=C/CCCCCC(=O)OC(COC(=O)C/C=C\C/C=C\C/C=C\CC)COC(=O)CCCCC/C=C\C/C=C\C/C=C\C/C=C\CC. The van der Waals surface area contributed by atoms with Crippen LogP contribution in [0.5, 0.6) is 0 Å². The first kappa shape index (κ1) is 53.3. The summed E-state index contributed by atoms with van der Waals surface area (Å²) in [6.07, 6.45) is 64.3. The molecule has 0 fully saturated rings. The van der Waals surface area contributed by atoms with Gasteiger partial charge in [0.25, 0.3) is 0 Å². The lowest BCUT2D eigenvalue weighted by Gasteiger charge is -2.18. The first-order valence-electron chi connectivity index (χ1n) is 21.9. The summed E-state index contributed by atoms with van der Waals surface area (Å²) < 4.78 is 16.5. The van der Waals surface area contributed by atoms with E-state index in [1.54, 1.807) is 6.08 Å². The predicted octanol–water partition coefficient (Wildman–Crippen LogP) is 14.1. The Hall–Kier alpha value is -4.71. The quantitative estimate of drug-likeness (QED) is 0.0207. The zero-order chi connectivity index (χ0) is 42.3. The molecular formula is C52H76O6. The average Bonchev–Trinajstić information content (AvgIpc) is 3.22. The highest BCUT2D eigenvalue weighted by Crippen LogP contribution is 2.10.